The minimum absolute atomic E-state index is 0.198. The lowest BCUT2D eigenvalue weighted by Crippen LogP contribution is -2.19. The standard InChI is InChI=1S/C18H23ClO/c1-12(18(2,3)4)11-17(20)15-9-10-16(19)14-8-6-5-7-13(14)15/h5-10,12,17,20H,11H2,1-4H3. The van der Waals surface area contributed by atoms with Crippen LogP contribution in [0.5, 0.6) is 0 Å². The maximum Gasteiger partial charge on any atom is 0.0798 e. The highest BCUT2D eigenvalue weighted by Gasteiger charge is 2.24. The van der Waals surface area contributed by atoms with Crippen LogP contribution >= 0.6 is 11.6 Å². The van der Waals surface area contributed by atoms with Crippen LogP contribution in [-0.4, -0.2) is 5.11 Å². The summed E-state index contributed by atoms with van der Waals surface area (Å²) in [6.45, 7) is 8.83. The van der Waals surface area contributed by atoms with Crippen LogP contribution in [0.2, 0.25) is 5.02 Å². The van der Waals surface area contributed by atoms with Crippen LogP contribution in [0.15, 0.2) is 36.4 Å². The molecule has 2 heteroatoms. The van der Waals surface area contributed by atoms with Crippen molar-refractivity contribution in [2.75, 3.05) is 0 Å². The molecule has 0 saturated carbocycles. The van der Waals surface area contributed by atoms with Crippen LogP contribution < -0.4 is 0 Å². The van der Waals surface area contributed by atoms with Gasteiger partial charge in [0.2, 0.25) is 0 Å². The van der Waals surface area contributed by atoms with Gasteiger partial charge in [0, 0.05) is 10.4 Å². The third kappa shape index (κ3) is 3.16. The van der Waals surface area contributed by atoms with E-state index in [4.69, 9.17) is 11.6 Å². The van der Waals surface area contributed by atoms with Crippen LogP contribution in [-0.2, 0) is 0 Å². The Morgan fingerprint density at radius 3 is 2.25 bits per heavy atom. The lowest BCUT2D eigenvalue weighted by atomic mass is 9.78. The van der Waals surface area contributed by atoms with E-state index < -0.39 is 6.10 Å². The molecule has 0 bridgehead atoms. The Labute approximate surface area is 126 Å². The van der Waals surface area contributed by atoms with Gasteiger partial charge in [-0.05, 0) is 34.8 Å². The number of hydrogen-bond acceptors (Lipinski definition) is 1. The number of aliphatic hydroxyl groups excluding tert-OH is 1. The number of rotatable bonds is 3. The summed E-state index contributed by atoms with van der Waals surface area (Å²) in [5, 5.41) is 13.4. The first-order chi connectivity index (χ1) is 9.30. The molecule has 0 saturated heterocycles. The Morgan fingerprint density at radius 2 is 1.65 bits per heavy atom. The largest absolute Gasteiger partial charge is 0.388 e. The van der Waals surface area contributed by atoms with Crippen molar-refractivity contribution in [2.24, 2.45) is 11.3 Å². The summed E-state index contributed by atoms with van der Waals surface area (Å²) in [7, 11) is 0. The second kappa shape index (κ2) is 5.75. The maximum atomic E-state index is 10.6. The second-order valence-corrected chi connectivity index (χ2v) is 7.11. The minimum Gasteiger partial charge on any atom is -0.388 e. The molecule has 1 N–H and O–H groups in total. The van der Waals surface area contributed by atoms with Crippen molar-refractivity contribution >= 4 is 22.4 Å². The van der Waals surface area contributed by atoms with Crippen LogP contribution in [0.3, 0.4) is 0 Å². The quantitative estimate of drug-likeness (QED) is 0.780. The van der Waals surface area contributed by atoms with Crippen molar-refractivity contribution in [1.82, 2.24) is 0 Å². The predicted octanol–water partition coefficient (Wildman–Crippen LogP) is 5.60. The van der Waals surface area contributed by atoms with Crippen molar-refractivity contribution < 1.29 is 5.11 Å². The normalized spacial score (nSPS) is 15.3. The molecular weight excluding hydrogens is 268 g/mol. The molecule has 1 nitrogen and oxygen atoms in total. The van der Waals surface area contributed by atoms with Gasteiger partial charge in [0.15, 0.2) is 0 Å². The monoisotopic (exact) mass is 290 g/mol. The highest BCUT2D eigenvalue weighted by Crippen LogP contribution is 2.36. The molecule has 0 fully saturated rings. The highest BCUT2D eigenvalue weighted by molar-refractivity contribution is 6.35. The summed E-state index contributed by atoms with van der Waals surface area (Å²) in [6.07, 6.45) is 0.307. The van der Waals surface area contributed by atoms with E-state index in [9.17, 15) is 5.11 Å². The van der Waals surface area contributed by atoms with Gasteiger partial charge in [-0.15, -0.1) is 0 Å². The summed E-state index contributed by atoms with van der Waals surface area (Å²) < 4.78 is 0. The number of benzene rings is 2. The summed E-state index contributed by atoms with van der Waals surface area (Å²) in [5.74, 6) is 0.437. The first kappa shape index (κ1) is 15.3. The van der Waals surface area contributed by atoms with Crippen LogP contribution in [0.25, 0.3) is 10.8 Å². The molecule has 0 spiro atoms. The van der Waals surface area contributed by atoms with E-state index >= 15 is 0 Å². The second-order valence-electron chi connectivity index (χ2n) is 6.70. The van der Waals surface area contributed by atoms with Crippen molar-refractivity contribution in [3.05, 3.63) is 47.0 Å². The Balaban J connectivity index is 2.36. The molecule has 0 radical (unpaired) electrons. The molecule has 0 aliphatic heterocycles. The van der Waals surface area contributed by atoms with Crippen molar-refractivity contribution in [3.8, 4) is 0 Å². The average molecular weight is 291 g/mol. The third-order valence-corrected chi connectivity index (χ3v) is 4.65. The minimum atomic E-state index is -0.452. The van der Waals surface area contributed by atoms with E-state index in [1.54, 1.807) is 0 Å². The van der Waals surface area contributed by atoms with E-state index in [1.165, 1.54) is 0 Å². The SMILES string of the molecule is CC(CC(O)c1ccc(Cl)c2ccccc12)C(C)(C)C. The molecule has 0 aliphatic rings. The fourth-order valence-electron chi connectivity index (χ4n) is 2.39. The van der Waals surface area contributed by atoms with Gasteiger partial charge in [0.05, 0.1) is 6.10 Å². The molecule has 2 atom stereocenters. The molecule has 0 heterocycles. The summed E-state index contributed by atoms with van der Waals surface area (Å²) in [5.41, 5.74) is 1.17. The first-order valence-corrected chi connectivity index (χ1v) is 7.53. The lowest BCUT2D eigenvalue weighted by Gasteiger charge is -2.29. The van der Waals surface area contributed by atoms with E-state index in [0.29, 0.717) is 5.92 Å². The van der Waals surface area contributed by atoms with E-state index in [2.05, 4.69) is 27.7 Å². The van der Waals surface area contributed by atoms with Crippen LogP contribution in [0.4, 0.5) is 0 Å². The van der Waals surface area contributed by atoms with E-state index in [1.807, 2.05) is 36.4 Å². The first-order valence-electron chi connectivity index (χ1n) is 7.16. The molecule has 20 heavy (non-hydrogen) atoms. The fraction of sp³-hybridized carbons (Fsp3) is 0.444. The van der Waals surface area contributed by atoms with Gasteiger partial charge in [-0.3, -0.25) is 0 Å². The molecular formula is C18H23ClO. The highest BCUT2D eigenvalue weighted by atomic mass is 35.5. The number of aliphatic hydroxyl groups is 1. The zero-order chi connectivity index (χ0) is 14.9. The van der Waals surface area contributed by atoms with E-state index in [0.717, 1.165) is 27.8 Å². The Kier molecular flexibility index (Phi) is 4.41. The zero-order valence-electron chi connectivity index (χ0n) is 12.7. The summed E-state index contributed by atoms with van der Waals surface area (Å²) in [4.78, 5) is 0. The lowest BCUT2D eigenvalue weighted by molar-refractivity contribution is 0.112. The van der Waals surface area contributed by atoms with Crippen molar-refractivity contribution in [3.63, 3.8) is 0 Å². The van der Waals surface area contributed by atoms with Crippen LogP contribution in [0, 0.1) is 11.3 Å². The van der Waals surface area contributed by atoms with E-state index in [-0.39, 0.29) is 5.41 Å². The van der Waals surface area contributed by atoms with Crippen molar-refractivity contribution in [1.29, 1.82) is 0 Å². The average Bonchev–Trinajstić information content (AvgIpc) is 2.38. The summed E-state index contributed by atoms with van der Waals surface area (Å²) in [6, 6.07) is 11.8. The Morgan fingerprint density at radius 1 is 1.05 bits per heavy atom. The number of halogens is 1. The van der Waals surface area contributed by atoms with Gasteiger partial charge in [-0.2, -0.15) is 0 Å². The maximum absolute atomic E-state index is 10.6. The summed E-state index contributed by atoms with van der Waals surface area (Å²) >= 11 is 6.23. The van der Waals surface area contributed by atoms with Gasteiger partial charge < -0.3 is 5.11 Å². The Bertz CT molecular complexity index is 598. The molecule has 2 aromatic carbocycles. The molecule has 2 aromatic rings. The van der Waals surface area contributed by atoms with Crippen molar-refractivity contribution in [2.45, 2.75) is 40.2 Å². The smallest absolute Gasteiger partial charge is 0.0798 e. The zero-order valence-corrected chi connectivity index (χ0v) is 13.4. The van der Waals surface area contributed by atoms with Crippen LogP contribution in [0.1, 0.15) is 45.8 Å². The fourth-order valence-corrected chi connectivity index (χ4v) is 2.62. The van der Waals surface area contributed by atoms with Gasteiger partial charge in [-0.1, -0.05) is 69.6 Å². The van der Waals surface area contributed by atoms with Gasteiger partial charge in [0.1, 0.15) is 0 Å². The molecule has 0 aromatic heterocycles. The molecule has 108 valence electrons. The third-order valence-electron chi connectivity index (χ3n) is 4.32. The number of fused-ring (bicyclic) bond motifs is 1. The Hall–Kier alpha value is -1.05. The number of hydrogen-bond donors (Lipinski definition) is 1. The van der Waals surface area contributed by atoms with Gasteiger partial charge in [0.25, 0.3) is 0 Å². The molecule has 0 amide bonds. The predicted molar refractivity (Wildman–Crippen MR) is 87.2 cm³/mol. The van der Waals surface area contributed by atoms with Gasteiger partial charge in [-0.25, -0.2) is 0 Å². The topological polar surface area (TPSA) is 20.2 Å². The molecule has 2 unspecified atom stereocenters. The molecule has 0 aliphatic carbocycles. The molecule has 2 rings (SSSR count). The van der Waals surface area contributed by atoms with Gasteiger partial charge >= 0.3 is 0 Å².